The van der Waals surface area contributed by atoms with Gasteiger partial charge in [-0.3, -0.25) is 4.79 Å². The molecule has 21 heavy (non-hydrogen) atoms. The van der Waals surface area contributed by atoms with Gasteiger partial charge in [-0.15, -0.1) is 11.8 Å². The third-order valence-electron chi connectivity index (χ3n) is 3.84. The molecule has 0 saturated carbocycles. The minimum atomic E-state index is 0.259. The quantitative estimate of drug-likeness (QED) is 0.642. The Balaban J connectivity index is 1.70. The molecule has 0 radical (unpaired) electrons. The highest BCUT2D eigenvalue weighted by Crippen LogP contribution is 2.22. The number of hydrogen-bond acceptors (Lipinski definition) is 3. The average Bonchev–Trinajstić information content (AvgIpc) is 2.53. The zero-order chi connectivity index (χ0) is 15.1. The summed E-state index contributed by atoms with van der Waals surface area (Å²) >= 11 is 7.63. The molecular weight excluding hydrogens is 304 g/mol. The van der Waals surface area contributed by atoms with E-state index in [-0.39, 0.29) is 11.9 Å². The number of benzene rings is 1. The Morgan fingerprint density at radius 3 is 2.81 bits per heavy atom. The van der Waals surface area contributed by atoms with Crippen molar-refractivity contribution in [2.75, 3.05) is 18.8 Å². The van der Waals surface area contributed by atoms with Crippen LogP contribution in [0, 0.1) is 0 Å². The van der Waals surface area contributed by atoms with Crippen LogP contribution in [-0.4, -0.2) is 35.7 Å². The molecule has 1 aromatic rings. The molecule has 0 aromatic heterocycles. The molecule has 1 unspecified atom stereocenters. The molecule has 1 heterocycles. The molecule has 0 aliphatic carbocycles. The Bertz CT molecular complexity index is 452. The third kappa shape index (κ3) is 5.20. The van der Waals surface area contributed by atoms with Crippen LogP contribution >= 0.6 is 23.4 Å². The van der Waals surface area contributed by atoms with Gasteiger partial charge in [0.2, 0.25) is 5.91 Å². The first-order valence-corrected chi connectivity index (χ1v) is 8.95. The molecule has 1 amide bonds. The second-order valence-corrected chi connectivity index (χ2v) is 6.98. The fraction of sp³-hybridized carbons (Fsp3) is 0.562. The van der Waals surface area contributed by atoms with Gasteiger partial charge >= 0.3 is 0 Å². The van der Waals surface area contributed by atoms with E-state index in [0.29, 0.717) is 13.0 Å². The van der Waals surface area contributed by atoms with Crippen molar-refractivity contribution >= 4 is 29.3 Å². The van der Waals surface area contributed by atoms with E-state index in [4.69, 9.17) is 17.3 Å². The normalized spacial score (nSPS) is 18.8. The first kappa shape index (κ1) is 16.7. The van der Waals surface area contributed by atoms with Crippen LogP contribution in [0.1, 0.15) is 32.1 Å². The van der Waals surface area contributed by atoms with E-state index in [1.54, 1.807) is 11.8 Å². The molecule has 1 aliphatic rings. The molecule has 0 spiro atoms. The van der Waals surface area contributed by atoms with Crippen molar-refractivity contribution < 1.29 is 4.79 Å². The Kier molecular flexibility index (Phi) is 6.87. The number of thioether (sulfide) groups is 1. The van der Waals surface area contributed by atoms with Crippen LogP contribution in [0.3, 0.4) is 0 Å². The number of carbonyl (C=O) groups is 1. The maximum absolute atomic E-state index is 12.3. The number of carbonyl (C=O) groups excluding carboxylic acids is 1. The van der Waals surface area contributed by atoms with Crippen LogP contribution in [0.4, 0.5) is 0 Å². The minimum Gasteiger partial charge on any atom is -0.338 e. The number of halogens is 1. The monoisotopic (exact) mass is 326 g/mol. The summed E-state index contributed by atoms with van der Waals surface area (Å²) in [5.41, 5.74) is 5.77. The molecule has 1 saturated heterocycles. The van der Waals surface area contributed by atoms with E-state index >= 15 is 0 Å². The Morgan fingerprint density at radius 2 is 2.10 bits per heavy atom. The second kappa shape index (κ2) is 8.66. The predicted octanol–water partition coefficient (Wildman–Crippen LogP) is 3.55. The maximum Gasteiger partial charge on any atom is 0.222 e. The molecule has 3 nitrogen and oxygen atoms in total. The van der Waals surface area contributed by atoms with Gasteiger partial charge < -0.3 is 10.6 Å². The second-order valence-electron chi connectivity index (χ2n) is 5.38. The van der Waals surface area contributed by atoms with Crippen molar-refractivity contribution in [1.82, 2.24) is 4.90 Å². The van der Waals surface area contributed by atoms with Crippen LogP contribution in [-0.2, 0) is 4.79 Å². The Labute approximate surface area is 136 Å². The van der Waals surface area contributed by atoms with Gasteiger partial charge in [-0.05, 0) is 55.7 Å². The molecule has 1 aromatic carbocycles. The summed E-state index contributed by atoms with van der Waals surface area (Å²) in [7, 11) is 0. The van der Waals surface area contributed by atoms with Gasteiger partial charge in [0.05, 0.1) is 0 Å². The average molecular weight is 327 g/mol. The molecule has 2 N–H and O–H groups in total. The van der Waals surface area contributed by atoms with Crippen LogP contribution in [0.15, 0.2) is 29.2 Å². The van der Waals surface area contributed by atoms with Crippen molar-refractivity contribution in [3.63, 3.8) is 0 Å². The van der Waals surface area contributed by atoms with Gasteiger partial charge in [0.25, 0.3) is 0 Å². The highest BCUT2D eigenvalue weighted by Gasteiger charge is 2.24. The van der Waals surface area contributed by atoms with E-state index in [9.17, 15) is 4.79 Å². The molecule has 1 aliphatic heterocycles. The lowest BCUT2D eigenvalue weighted by Crippen LogP contribution is -2.47. The van der Waals surface area contributed by atoms with Crippen LogP contribution < -0.4 is 5.73 Å². The first-order valence-electron chi connectivity index (χ1n) is 7.58. The van der Waals surface area contributed by atoms with E-state index in [1.807, 2.05) is 29.2 Å². The lowest BCUT2D eigenvalue weighted by atomic mass is 10.0. The summed E-state index contributed by atoms with van der Waals surface area (Å²) in [6.07, 6.45) is 4.89. The number of amides is 1. The lowest BCUT2D eigenvalue weighted by molar-refractivity contribution is -0.134. The maximum atomic E-state index is 12.3. The van der Waals surface area contributed by atoms with Crippen LogP contribution in [0.5, 0.6) is 0 Å². The fourth-order valence-electron chi connectivity index (χ4n) is 2.66. The highest BCUT2D eigenvalue weighted by molar-refractivity contribution is 7.99. The summed E-state index contributed by atoms with van der Waals surface area (Å²) in [6, 6.07) is 8.09. The number of nitrogens with zero attached hydrogens (tertiary/aromatic N) is 1. The van der Waals surface area contributed by atoms with Crippen LogP contribution in [0.2, 0.25) is 5.02 Å². The summed E-state index contributed by atoms with van der Waals surface area (Å²) in [4.78, 5) is 15.5. The smallest absolute Gasteiger partial charge is 0.222 e. The van der Waals surface area contributed by atoms with Crippen molar-refractivity contribution in [3.8, 4) is 0 Å². The highest BCUT2D eigenvalue weighted by atomic mass is 35.5. The summed E-state index contributed by atoms with van der Waals surface area (Å²) in [5, 5.41) is 0.757. The molecule has 1 fully saturated rings. The van der Waals surface area contributed by atoms with E-state index < -0.39 is 0 Å². The van der Waals surface area contributed by atoms with Gasteiger partial charge in [0, 0.05) is 35.5 Å². The predicted molar refractivity (Wildman–Crippen MR) is 89.8 cm³/mol. The van der Waals surface area contributed by atoms with E-state index in [1.165, 1.54) is 11.3 Å². The summed E-state index contributed by atoms with van der Waals surface area (Å²) < 4.78 is 0. The third-order valence-corrected chi connectivity index (χ3v) is 5.19. The van der Waals surface area contributed by atoms with Crippen molar-refractivity contribution in [3.05, 3.63) is 29.3 Å². The standard InChI is InChI=1S/C16H23ClN2OS/c17-13-6-8-15(9-7-13)21-11-3-5-16(20)19-10-2-1-4-14(19)12-18/h6-9,14H,1-5,10-12,18H2. The lowest BCUT2D eigenvalue weighted by Gasteiger charge is -2.35. The summed E-state index contributed by atoms with van der Waals surface area (Å²) in [5.74, 6) is 1.22. The molecule has 1 atom stereocenters. The number of piperidine rings is 1. The fourth-order valence-corrected chi connectivity index (χ4v) is 3.64. The van der Waals surface area contributed by atoms with E-state index in [2.05, 4.69) is 0 Å². The van der Waals surface area contributed by atoms with Gasteiger partial charge in [0.1, 0.15) is 0 Å². The Hall–Kier alpha value is -0.710. The van der Waals surface area contributed by atoms with E-state index in [0.717, 1.165) is 36.6 Å². The largest absolute Gasteiger partial charge is 0.338 e. The molecule has 5 heteroatoms. The summed E-state index contributed by atoms with van der Waals surface area (Å²) in [6.45, 7) is 1.47. The van der Waals surface area contributed by atoms with Gasteiger partial charge in [-0.25, -0.2) is 0 Å². The van der Waals surface area contributed by atoms with Crippen molar-refractivity contribution in [2.45, 2.75) is 43.0 Å². The van der Waals surface area contributed by atoms with Crippen LogP contribution in [0.25, 0.3) is 0 Å². The molecule has 2 rings (SSSR count). The minimum absolute atomic E-state index is 0.259. The topological polar surface area (TPSA) is 46.3 Å². The Morgan fingerprint density at radius 1 is 1.33 bits per heavy atom. The number of hydrogen-bond donors (Lipinski definition) is 1. The SMILES string of the molecule is NCC1CCCCN1C(=O)CCCSc1ccc(Cl)cc1. The van der Waals surface area contributed by atoms with Crippen molar-refractivity contribution in [2.24, 2.45) is 5.73 Å². The molecule has 0 bridgehead atoms. The number of rotatable bonds is 6. The number of likely N-dealkylation sites (tertiary alicyclic amines) is 1. The van der Waals surface area contributed by atoms with Crippen molar-refractivity contribution in [1.29, 1.82) is 0 Å². The molecule has 116 valence electrons. The zero-order valence-corrected chi connectivity index (χ0v) is 13.8. The number of nitrogens with two attached hydrogens (primary N) is 1. The van der Waals surface area contributed by atoms with Gasteiger partial charge in [-0.2, -0.15) is 0 Å². The first-order chi connectivity index (χ1) is 10.2. The molecular formula is C16H23ClN2OS. The van der Waals surface area contributed by atoms with Gasteiger partial charge in [-0.1, -0.05) is 11.6 Å². The van der Waals surface area contributed by atoms with Gasteiger partial charge in [0.15, 0.2) is 0 Å². The zero-order valence-electron chi connectivity index (χ0n) is 12.3.